The van der Waals surface area contributed by atoms with E-state index in [2.05, 4.69) is 10.5 Å². The Morgan fingerprint density at radius 1 is 1.36 bits per heavy atom. The number of rotatable bonds is 4. The number of aryl methyl sites for hydroxylation is 2. The Kier molecular flexibility index (Phi) is 3.85. The molecule has 3 aromatic heterocycles. The third-order valence-corrected chi connectivity index (χ3v) is 4.29. The normalized spacial score (nSPS) is 10.9. The highest BCUT2D eigenvalue weighted by atomic mass is 32.1. The number of amides is 1. The Balaban J connectivity index is 1.84. The van der Waals surface area contributed by atoms with Crippen molar-refractivity contribution in [3.8, 4) is 5.82 Å². The van der Waals surface area contributed by atoms with Crippen molar-refractivity contribution in [2.75, 3.05) is 0 Å². The summed E-state index contributed by atoms with van der Waals surface area (Å²) >= 11 is 1.62. The molecule has 0 saturated carbocycles. The average Bonchev–Trinajstić information content (AvgIpc) is 3.18. The smallest absolute Gasteiger partial charge is 0.253 e. The largest absolute Gasteiger partial charge is 0.360 e. The molecule has 1 amide bonds. The summed E-state index contributed by atoms with van der Waals surface area (Å²) in [4.78, 5) is 12.4. The highest BCUT2D eigenvalue weighted by molar-refractivity contribution is 7.07. The second-order valence-corrected chi connectivity index (χ2v) is 6.01. The summed E-state index contributed by atoms with van der Waals surface area (Å²) in [5.41, 5.74) is 3.58. The minimum Gasteiger partial charge on any atom is -0.360 e. The minimum absolute atomic E-state index is 0.0780. The summed E-state index contributed by atoms with van der Waals surface area (Å²) in [5.74, 6) is 1.36. The minimum atomic E-state index is -0.0780. The van der Waals surface area contributed by atoms with Crippen LogP contribution < -0.4 is 5.32 Å². The molecule has 0 aliphatic carbocycles. The van der Waals surface area contributed by atoms with Crippen LogP contribution in [0.25, 0.3) is 5.82 Å². The molecule has 0 fully saturated rings. The van der Waals surface area contributed by atoms with Gasteiger partial charge in [0.05, 0.1) is 5.56 Å². The van der Waals surface area contributed by atoms with Crippen molar-refractivity contribution in [3.05, 3.63) is 57.2 Å². The Hall–Kier alpha value is -2.34. The van der Waals surface area contributed by atoms with Gasteiger partial charge in [0.25, 0.3) is 5.91 Å². The molecule has 0 spiro atoms. The number of thiophene rings is 1. The summed E-state index contributed by atoms with van der Waals surface area (Å²) in [7, 11) is 0. The van der Waals surface area contributed by atoms with Gasteiger partial charge < -0.3 is 9.84 Å². The van der Waals surface area contributed by atoms with E-state index in [1.54, 1.807) is 11.3 Å². The number of nitrogens with zero attached hydrogens (tertiary/aromatic N) is 2. The third-order valence-electron chi connectivity index (χ3n) is 3.55. The predicted molar refractivity (Wildman–Crippen MR) is 85.5 cm³/mol. The lowest BCUT2D eigenvalue weighted by Gasteiger charge is -2.06. The average molecular weight is 315 g/mol. The van der Waals surface area contributed by atoms with Gasteiger partial charge in [0.15, 0.2) is 5.82 Å². The Labute approximate surface area is 132 Å². The van der Waals surface area contributed by atoms with Crippen molar-refractivity contribution in [1.82, 2.24) is 15.0 Å². The summed E-state index contributed by atoms with van der Waals surface area (Å²) in [5, 5.41) is 11.0. The molecule has 0 bridgehead atoms. The van der Waals surface area contributed by atoms with Crippen molar-refractivity contribution in [2.24, 2.45) is 0 Å². The van der Waals surface area contributed by atoms with E-state index in [1.165, 1.54) is 0 Å². The Bertz CT molecular complexity index is 800. The number of carbonyl (C=O) groups excluding carboxylic acids is 1. The van der Waals surface area contributed by atoms with E-state index in [9.17, 15) is 4.79 Å². The summed E-state index contributed by atoms with van der Waals surface area (Å²) in [6.45, 7) is 6.25. The topological polar surface area (TPSA) is 60.1 Å². The SMILES string of the molecule is Cc1cc(-n2c(C)cc(C(=O)NCc3ccsc3)c2C)no1. The molecule has 3 aromatic rings. The van der Waals surface area contributed by atoms with E-state index >= 15 is 0 Å². The van der Waals surface area contributed by atoms with Gasteiger partial charge in [-0.1, -0.05) is 5.16 Å². The molecule has 3 heterocycles. The standard InChI is InChI=1S/C16H17N3O2S/c1-10-6-14(16(20)17-8-13-4-5-22-9-13)12(3)19(10)15-7-11(2)21-18-15/h4-7,9H,8H2,1-3H3,(H,17,20). The molecule has 22 heavy (non-hydrogen) atoms. The molecule has 1 N–H and O–H groups in total. The lowest BCUT2D eigenvalue weighted by molar-refractivity contribution is 0.0950. The van der Waals surface area contributed by atoms with Crippen LogP contribution in [0.4, 0.5) is 0 Å². The molecule has 0 aliphatic rings. The Morgan fingerprint density at radius 2 is 2.18 bits per heavy atom. The van der Waals surface area contributed by atoms with E-state index in [-0.39, 0.29) is 5.91 Å². The van der Waals surface area contributed by atoms with Crippen LogP contribution in [0.1, 0.15) is 33.1 Å². The highest BCUT2D eigenvalue weighted by Crippen LogP contribution is 2.20. The molecule has 6 heteroatoms. The monoisotopic (exact) mass is 315 g/mol. The van der Waals surface area contributed by atoms with Gasteiger partial charge >= 0.3 is 0 Å². The first-order chi connectivity index (χ1) is 10.6. The zero-order valence-electron chi connectivity index (χ0n) is 12.7. The first kappa shape index (κ1) is 14.6. The van der Waals surface area contributed by atoms with E-state index < -0.39 is 0 Å². The van der Waals surface area contributed by atoms with Crippen LogP contribution in [0, 0.1) is 20.8 Å². The fourth-order valence-electron chi connectivity index (χ4n) is 2.47. The van der Waals surface area contributed by atoms with Gasteiger partial charge in [-0.15, -0.1) is 0 Å². The zero-order valence-corrected chi connectivity index (χ0v) is 13.5. The molecular formula is C16H17N3O2S. The number of carbonyl (C=O) groups is 1. The first-order valence-corrected chi connectivity index (χ1v) is 7.92. The summed E-state index contributed by atoms with van der Waals surface area (Å²) in [6.07, 6.45) is 0. The molecule has 0 aromatic carbocycles. The van der Waals surface area contributed by atoms with Crippen LogP contribution in [0.2, 0.25) is 0 Å². The number of hydrogen-bond acceptors (Lipinski definition) is 4. The molecule has 0 radical (unpaired) electrons. The fourth-order valence-corrected chi connectivity index (χ4v) is 3.14. The van der Waals surface area contributed by atoms with Crippen LogP contribution in [-0.2, 0) is 6.54 Å². The van der Waals surface area contributed by atoms with Gasteiger partial charge in [0.2, 0.25) is 0 Å². The van der Waals surface area contributed by atoms with Crippen LogP contribution in [0.5, 0.6) is 0 Å². The van der Waals surface area contributed by atoms with E-state index in [1.807, 2.05) is 54.3 Å². The Morgan fingerprint density at radius 3 is 2.82 bits per heavy atom. The fraction of sp³-hybridized carbons (Fsp3) is 0.250. The van der Waals surface area contributed by atoms with Gasteiger partial charge in [-0.05, 0) is 49.2 Å². The maximum Gasteiger partial charge on any atom is 0.253 e. The van der Waals surface area contributed by atoms with E-state index in [4.69, 9.17) is 4.52 Å². The second kappa shape index (κ2) is 5.81. The predicted octanol–water partition coefficient (Wildman–Crippen LogP) is 3.38. The molecule has 0 aliphatic heterocycles. The molecule has 0 saturated heterocycles. The summed E-state index contributed by atoms with van der Waals surface area (Å²) < 4.78 is 7.05. The van der Waals surface area contributed by atoms with Gasteiger partial charge in [-0.25, -0.2) is 0 Å². The van der Waals surface area contributed by atoms with Crippen molar-refractivity contribution in [3.63, 3.8) is 0 Å². The maximum atomic E-state index is 12.4. The lowest BCUT2D eigenvalue weighted by Crippen LogP contribution is -2.23. The third kappa shape index (κ3) is 2.69. The molecular weight excluding hydrogens is 298 g/mol. The van der Waals surface area contributed by atoms with Gasteiger partial charge in [0.1, 0.15) is 5.76 Å². The molecule has 114 valence electrons. The van der Waals surface area contributed by atoms with Crippen LogP contribution in [0.3, 0.4) is 0 Å². The van der Waals surface area contributed by atoms with Crippen molar-refractivity contribution in [1.29, 1.82) is 0 Å². The van der Waals surface area contributed by atoms with Crippen molar-refractivity contribution in [2.45, 2.75) is 27.3 Å². The maximum absolute atomic E-state index is 12.4. The molecule has 5 nitrogen and oxygen atoms in total. The number of aromatic nitrogens is 2. The van der Waals surface area contributed by atoms with Gasteiger partial charge in [0, 0.05) is 24.0 Å². The van der Waals surface area contributed by atoms with Crippen LogP contribution in [-0.4, -0.2) is 15.6 Å². The van der Waals surface area contributed by atoms with Gasteiger partial charge in [-0.2, -0.15) is 11.3 Å². The van der Waals surface area contributed by atoms with Gasteiger partial charge in [-0.3, -0.25) is 9.36 Å². The first-order valence-electron chi connectivity index (χ1n) is 6.98. The lowest BCUT2D eigenvalue weighted by atomic mass is 10.2. The quantitative estimate of drug-likeness (QED) is 0.803. The van der Waals surface area contributed by atoms with Crippen molar-refractivity contribution >= 4 is 17.2 Å². The zero-order chi connectivity index (χ0) is 15.7. The van der Waals surface area contributed by atoms with Crippen molar-refractivity contribution < 1.29 is 9.32 Å². The highest BCUT2D eigenvalue weighted by Gasteiger charge is 2.18. The van der Waals surface area contributed by atoms with Crippen LogP contribution >= 0.6 is 11.3 Å². The number of nitrogens with one attached hydrogen (secondary N) is 1. The molecule has 0 unspecified atom stereocenters. The molecule has 0 atom stereocenters. The van der Waals surface area contributed by atoms with E-state index in [0.717, 1.165) is 22.7 Å². The van der Waals surface area contributed by atoms with E-state index in [0.29, 0.717) is 17.9 Å². The number of hydrogen-bond donors (Lipinski definition) is 1. The molecule has 3 rings (SSSR count). The van der Waals surface area contributed by atoms with Crippen LogP contribution in [0.15, 0.2) is 33.5 Å². The summed E-state index contributed by atoms with van der Waals surface area (Å²) in [6, 6.07) is 5.74. The second-order valence-electron chi connectivity index (χ2n) is 5.23.